The van der Waals surface area contributed by atoms with Gasteiger partial charge in [-0.1, -0.05) is 18.2 Å². The highest BCUT2D eigenvalue weighted by Crippen LogP contribution is 2.17. The Morgan fingerprint density at radius 3 is 2.65 bits per heavy atom. The normalized spacial score (nSPS) is 19.5. The van der Waals surface area contributed by atoms with Gasteiger partial charge in [0.2, 0.25) is 0 Å². The molecule has 0 radical (unpaired) electrons. The van der Waals surface area contributed by atoms with Crippen molar-refractivity contribution in [3.05, 3.63) is 47.3 Å². The van der Waals surface area contributed by atoms with Gasteiger partial charge in [0.1, 0.15) is 0 Å². The average molecular weight is 375 g/mol. The molecule has 2 aromatic rings. The smallest absolute Gasteiger partial charge is 0.191 e. The van der Waals surface area contributed by atoms with Gasteiger partial charge in [0.25, 0.3) is 0 Å². The minimum Gasteiger partial charge on any atom is -0.353 e. The minimum atomic E-state index is -2.92. The highest BCUT2D eigenvalue weighted by atomic mass is 32.2. The van der Waals surface area contributed by atoms with E-state index in [1.165, 1.54) is 0 Å². The van der Waals surface area contributed by atoms with E-state index >= 15 is 0 Å². The van der Waals surface area contributed by atoms with Crippen molar-refractivity contribution in [1.29, 1.82) is 0 Å². The van der Waals surface area contributed by atoms with Crippen LogP contribution in [0.15, 0.2) is 35.3 Å². The van der Waals surface area contributed by atoms with Crippen molar-refractivity contribution in [2.75, 3.05) is 18.6 Å². The molecule has 0 aliphatic carbocycles. The SMILES string of the molecule is CN=C(NCc1c(C)nn(-c2ccccc2)c1C)NC1CCS(=O)(=O)C1. The van der Waals surface area contributed by atoms with Crippen LogP contribution in [0.4, 0.5) is 0 Å². The van der Waals surface area contributed by atoms with Gasteiger partial charge in [-0.15, -0.1) is 0 Å². The molecule has 1 saturated heterocycles. The summed E-state index contributed by atoms with van der Waals surface area (Å²) in [4.78, 5) is 4.21. The lowest BCUT2D eigenvalue weighted by Crippen LogP contribution is -2.43. The predicted octanol–water partition coefficient (Wildman–Crippen LogP) is 1.34. The molecule has 1 aliphatic heterocycles. The summed E-state index contributed by atoms with van der Waals surface area (Å²) in [6.45, 7) is 4.61. The molecule has 1 fully saturated rings. The molecule has 7 nitrogen and oxygen atoms in total. The Hall–Kier alpha value is -2.35. The molecule has 1 atom stereocenters. The van der Waals surface area contributed by atoms with Crippen LogP contribution >= 0.6 is 0 Å². The Bertz CT molecular complexity index is 903. The molecule has 2 heterocycles. The Morgan fingerprint density at radius 2 is 2.04 bits per heavy atom. The second-order valence-corrected chi connectivity index (χ2v) is 8.80. The summed E-state index contributed by atoms with van der Waals surface area (Å²) >= 11 is 0. The van der Waals surface area contributed by atoms with E-state index in [4.69, 9.17) is 0 Å². The van der Waals surface area contributed by atoms with E-state index in [1.807, 2.05) is 48.9 Å². The van der Waals surface area contributed by atoms with Crippen LogP contribution in [-0.4, -0.2) is 48.8 Å². The molecule has 1 aromatic heterocycles. The van der Waals surface area contributed by atoms with Crippen molar-refractivity contribution in [2.45, 2.75) is 32.9 Å². The van der Waals surface area contributed by atoms with Gasteiger partial charge in [-0.3, -0.25) is 4.99 Å². The topological polar surface area (TPSA) is 88.4 Å². The zero-order chi connectivity index (χ0) is 18.7. The summed E-state index contributed by atoms with van der Waals surface area (Å²) in [5.41, 5.74) is 4.16. The summed E-state index contributed by atoms with van der Waals surface area (Å²) in [7, 11) is -1.23. The van der Waals surface area contributed by atoms with Gasteiger partial charge in [0.15, 0.2) is 15.8 Å². The van der Waals surface area contributed by atoms with Crippen LogP contribution in [0.2, 0.25) is 0 Å². The molecular formula is C18H25N5O2S. The third kappa shape index (κ3) is 4.07. The number of hydrogen-bond donors (Lipinski definition) is 2. The number of nitrogens with zero attached hydrogens (tertiary/aromatic N) is 3. The molecule has 1 aliphatic rings. The molecule has 0 amide bonds. The van der Waals surface area contributed by atoms with Crippen LogP contribution < -0.4 is 10.6 Å². The molecule has 26 heavy (non-hydrogen) atoms. The highest BCUT2D eigenvalue weighted by Gasteiger charge is 2.28. The number of guanidine groups is 1. The number of aliphatic imine (C=N–C) groups is 1. The second kappa shape index (κ2) is 7.49. The maximum Gasteiger partial charge on any atom is 0.191 e. The number of sulfone groups is 1. The van der Waals surface area contributed by atoms with E-state index in [0.29, 0.717) is 18.9 Å². The molecular weight excluding hydrogens is 350 g/mol. The van der Waals surface area contributed by atoms with Gasteiger partial charge in [-0.2, -0.15) is 5.10 Å². The number of hydrogen-bond acceptors (Lipinski definition) is 4. The third-order valence-electron chi connectivity index (χ3n) is 4.67. The molecule has 1 aromatic carbocycles. The van der Waals surface area contributed by atoms with E-state index < -0.39 is 9.84 Å². The van der Waals surface area contributed by atoms with Crippen LogP contribution in [0.25, 0.3) is 5.69 Å². The van der Waals surface area contributed by atoms with Crippen LogP contribution in [0, 0.1) is 13.8 Å². The number of para-hydroxylation sites is 1. The molecule has 8 heteroatoms. The van der Waals surface area contributed by atoms with Gasteiger partial charge >= 0.3 is 0 Å². The highest BCUT2D eigenvalue weighted by molar-refractivity contribution is 7.91. The first-order valence-electron chi connectivity index (χ1n) is 8.68. The van der Waals surface area contributed by atoms with E-state index in [2.05, 4.69) is 20.7 Å². The van der Waals surface area contributed by atoms with E-state index in [9.17, 15) is 8.42 Å². The van der Waals surface area contributed by atoms with Gasteiger partial charge in [0, 0.05) is 30.9 Å². The van der Waals surface area contributed by atoms with Gasteiger partial charge in [-0.05, 0) is 32.4 Å². The number of nitrogens with one attached hydrogen (secondary N) is 2. The fourth-order valence-corrected chi connectivity index (χ4v) is 4.89. The standard InChI is InChI=1S/C18H25N5O2S/c1-13-17(14(2)23(22-13)16-7-5-4-6-8-16)11-20-18(19-3)21-15-9-10-26(24,25)12-15/h4-8,15H,9-12H2,1-3H3,(H2,19,20,21). The monoisotopic (exact) mass is 375 g/mol. The summed E-state index contributed by atoms with van der Waals surface area (Å²) in [5, 5.41) is 11.1. The van der Waals surface area contributed by atoms with E-state index in [1.54, 1.807) is 7.05 Å². The zero-order valence-corrected chi connectivity index (χ0v) is 16.2. The van der Waals surface area contributed by atoms with Crippen LogP contribution in [0.1, 0.15) is 23.4 Å². The fraction of sp³-hybridized carbons (Fsp3) is 0.444. The Kier molecular flexibility index (Phi) is 5.31. The van der Waals surface area contributed by atoms with Crippen molar-refractivity contribution in [1.82, 2.24) is 20.4 Å². The lowest BCUT2D eigenvalue weighted by atomic mass is 10.2. The van der Waals surface area contributed by atoms with Crippen LogP contribution in [0.3, 0.4) is 0 Å². The predicted molar refractivity (Wildman–Crippen MR) is 103 cm³/mol. The maximum atomic E-state index is 11.6. The minimum absolute atomic E-state index is 0.0829. The first kappa shape index (κ1) is 18.4. The number of rotatable bonds is 4. The van der Waals surface area contributed by atoms with Crippen LogP contribution in [0.5, 0.6) is 0 Å². The van der Waals surface area contributed by atoms with Crippen molar-refractivity contribution in [3.8, 4) is 5.69 Å². The van der Waals surface area contributed by atoms with Crippen LogP contribution in [-0.2, 0) is 16.4 Å². The quantitative estimate of drug-likeness (QED) is 0.622. The largest absolute Gasteiger partial charge is 0.353 e. The molecule has 1 unspecified atom stereocenters. The third-order valence-corrected chi connectivity index (χ3v) is 6.44. The number of aromatic nitrogens is 2. The van der Waals surface area contributed by atoms with E-state index in [0.717, 1.165) is 22.6 Å². The van der Waals surface area contributed by atoms with Crippen molar-refractivity contribution >= 4 is 15.8 Å². The Balaban J connectivity index is 1.68. The van der Waals surface area contributed by atoms with Crippen molar-refractivity contribution in [2.24, 2.45) is 4.99 Å². The van der Waals surface area contributed by atoms with Gasteiger partial charge in [-0.25, -0.2) is 13.1 Å². The molecule has 0 spiro atoms. The Labute approximate surface area is 154 Å². The van der Waals surface area contributed by atoms with Crippen molar-refractivity contribution in [3.63, 3.8) is 0 Å². The molecule has 0 saturated carbocycles. The van der Waals surface area contributed by atoms with Gasteiger partial charge in [0.05, 0.1) is 22.9 Å². The zero-order valence-electron chi connectivity index (χ0n) is 15.4. The lowest BCUT2D eigenvalue weighted by molar-refractivity contribution is 0.599. The lowest BCUT2D eigenvalue weighted by Gasteiger charge is -2.16. The first-order valence-corrected chi connectivity index (χ1v) is 10.5. The first-order chi connectivity index (χ1) is 12.4. The molecule has 0 bridgehead atoms. The van der Waals surface area contributed by atoms with Gasteiger partial charge < -0.3 is 10.6 Å². The average Bonchev–Trinajstić information content (AvgIpc) is 3.11. The molecule has 140 valence electrons. The number of aryl methyl sites for hydroxylation is 1. The summed E-state index contributed by atoms with van der Waals surface area (Å²) in [6.07, 6.45) is 0.618. The summed E-state index contributed by atoms with van der Waals surface area (Å²) < 4.78 is 25.1. The maximum absolute atomic E-state index is 11.6. The summed E-state index contributed by atoms with van der Waals surface area (Å²) in [5.74, 6) is 1.01. The Morgan fingerprint density at radius 1 is 1.31 bits per heavy atom. The fourth-order valence-electron chi connectivity index (χ4n) is 3.22. The molecule has 2 N–H and O–H groups in total. The molecule has 3 rings (SSSR count). The number of benzene rings is 1. The van der Waals surface area contributed by atoms with Crippen molar-refractivity contribution < 1.29 is 8.42 Å². The second-order valence-electron chi connectivity index (χ2n) is 6.57. The summed E-state index contributed by atoms with van der Waals surface area (Å²) in [6, 6.07) is 9.93. The van der Waals surface area contributed by atoms with E-state index in [-0.39, 0.29) is 17.5 Å².